The second-order valence-corrected chi connectivity index (χ2v) is 21.2. The van der Waals surface area contributed by atoms with Gasteiger partial charge in [0.1, 0.15) is 0 Å². The van der Waals surface area contributed by atoms with E-state index in [-0.39, 0.29) is 16.7 Å². The van der Waals surface area contributed by atoms with Crippen LogP contribution in [0.4, 0.5) is 0 Å². The first kappa shape index (κ1) is 31.9. The lowest BCUT2D eigenvalue weighted by molar-refractivity contribution is 0.0152. The molecule has 0 aromatic heterocycles. The third-order valence-electron chi connectivity index (χ3n) is 4.90. The Balaban J connectivity index is 6.94. The molecule has 4 nitrogen and oxygen atoms in total. The van der Waals surface area contributed by atoms with Gasteiger partial charge in [0, 0.05) is 22.0 Å². The molecule has 0 aliphatic carbocycles. The van der Waals surface area contributed by atoms with Crippen LogP contribution in [0.2, 0.25) is 0 Å². The van der Waals surface area contributed by atoms with Crippen LogP contribution < -0.4 is 0 Å². The quantitative estimate of drug-likeness (QED) is 0.170. The number of hydrogen-bond acceptors (Lipinski definition) is 2. The smallest absolute Gasteiger partial charge is 0.303 e. The molecule has 0 radical (unpaired) electrons. The van der Waals surface area contributed by atoms with Gasteiger partial charge in [0.15, 0.2) is 3.42 Å². The second kappa shape index (κ2) is 10.3. The largest absolute Gasteiger partial charge is 0.471 e. The zero-order chi connectivity index (χ0) is 23.2. The Hall–Kier alpha value is 3.95. The van der Waals surface area contributed by atoms with Crippen molar-refractivity contribution in [2.75, 3.05) is 10.7 Å². The summed E-state index contributed by atoms with van der Waals surface area (Å²) in [5, 5.41) is 1.32. The van der Waals surface area contributed by atoms with Gasteiger partial charge in [-0.1, -0.05) is 137 Å². The molecule has 0 aromatic carbocycles. The average Bonchev–Trinajstić information content (AvgIpc) is 2.42. The lowest BCUT2D eigenvalue weighted by Gasteiger charge is -2.59. The van der Waals surface area contributed by atoms with E-state index in [2.05, 4.69) is 155 Å². The first-order chi connectivity index (χ1) is 11.9. The highest BCUT2D eigenvalue weighted by molar-refractivity contribution is 9.26. The summed E-state index contributed by atoms with van der Waals surface area (Å²) in [6, 6.07) is 0. The molecule has 0 amide bonds. The molecule has 28 heavy (non-hydrogen) atoms. The molecule has 0 atom stereocenters. The molecule has 170 valence electrons. The summed E-state index contributed by atoms with van der Waals surface area (Å²) >= 11 is 29.7. The molecule has 0 spiro atoms. The highest BCUT2D eigenvalue weighted by Gasteiger charge is 2.67. The number of phosphoric ester groups is 1. The van der Waals surface area contributed by atoms with Gasteiger partial charge in [-0.05, 0) is 42.7 Å². The van der Waals surface area contributed by atoms with Gasteiger partial charge in [0.05, 0.1) is 6.47 Å². The Morgan fingerprint density at radius 1 is 0.786 bits per heavy atom. The highest BCUT2D eigenvalue weighted by Crippen LogP contribution is 2.71. The number of alkyl halides is 8. The molecule has 0 rings (SSSR count). The van der Waals surface area contributed by atoms with Gasteiger partial charge in [-0.2, -0.15) is 0 Å². The van der Waals surface area contributed by atoms with Crippen LogP contribution in [0.3, 0.4) is 0 Å². The first-order valence-corrected chi connectivity index (χ1v) is 16.5. The van der Waals surface area contributed by atoms with Crippen LogP contribution in [0.1, 0.15) is 41.5 Å². The van der Waals surface area contributed by atoms with Gasteiger partial charge in [-0.25, -0.2) is 4.57 Å². The van der Waals surface area contributed by atoms with E-state index in [0.717, 1.165) is 0 Å². The summed E-state index contributed by atoms with van der Waals surface area (Å²) in [7, 11) is -4.80. The Kier molecular flexibility index (Phi) is 11.7. The summed E-state index contributed by atoms with van der Waals surface area (Å²) in [6.07, 6.45) is 0. The second-order valence-electron chi connectivity index (χ2n) is 8.53. The van der Waals surface area contributed by atoms with Crippen LogP contribution in [-0.4, -0.2) is 30.3 Å². The average molecular weight is 940 g/mol. The third-order valence-corrected chi connectivity index (χ3v) is 17.2. The van der Waals surface area contributed by atoms with Crippen LogP contribution in [0, 0.1) is 22.2 Å². The SMILES string of the molecule is CC(C)(CBr)C(Br)(Br)C(C(C)(C)C(Br)(Br)OP(=O)(O)O)C(Br)(Br)C(C)(C)CBr. The molecule has 0 saturated carbocycles. The minimum atomic E-state index is -4.80. The van der Waals surface area contributed by atoms with Crippen molar-refractivity contribution >= 4 is 135 Å². The lowest BCUT2D eigenvalue weighted by atomic mass is 9.65. The van der Waals surface area contributed by atoms with Gasteiger partial charge >= 0.3 is 7.82 Å². The minimum absolute atomic E-state index is 0.331. The molecule has 0 aliphatic heterocycles. The number of rotatable bonds is 10. The fraction of sp³-hybridized carbons (Fsp3) is 1.00. The summed E-state index contributed by atoms with van der Waals surface area (Å²) in [6.45, 7) is 12.1. The highest BCUT2D eigenvalue weighted by atomic mass is 79.9. The molecule has 0 fully saturated rings. The van der Waals surface area contributed by atoms with Crippen molar-refractivity contribution in [1.29, 1.82) is 0 Å². The molecule has 2 N–H and O–H groups in total. The maximum absolute atomic E-state index is 11.7. The summed E-state index contributed by atoms with van der Waals surface area (Å²) in [4.78, 5) is 19.0. The normalized spacial score (nSPS) is 16.0. The number of phosphoric acid groups is 1. The zero-order valence-electron chi connectivity index (χ0n) is 16.2. The molecule has 0 aliphatic rings. The third kappa shape index (κ3) is 6.76. The molecule has 0 unspecified atom stereocenters. The Bertz CT molecular complexity index is 573. The van der Waals surface area contributed by atoms with E-state index in [4.69, 9.17) is 4.52 Å². The van der Waals surface area contributed by atoms with E-state index in [9.17, 15) is 14.4 Å². The molecular formula is C15H25Br8O4P. The fourth-order valence-corrected chi connectivity index (χ4v) is 12.5. The Morgan fingerprint density at radius 3 is 1.29 bits per heavy atom. The molecule has 0 saturated heterocycles. The predicted octanol–water partition coefficient (Wildman–Crippen LogP) is 9.00. The van der Waals surface area contributed by atoms with Crippen molar-refractivity contribution in [1.82, 2.24) is 0 Å². The van der Waals surface area contributed by atoms with Gasteiger partial charge in [-0.15, -0.1) is 0 Å². The standard InChI is InChI=1S/C15H25Br8O4P/c1-10(2,7-16)13(18,19)9(14(20,21)11(3,4)8-17)12(5,6)15(22,23)27-28(24,25)26/h9H,7-8H2,1-6H3,(H2,24,25,26). The van der Waals surface area contributed by atoms with E-state index >= 15 is 0 Å². The Morgan fingerprint density at radius 2 is 1.07 bits per heavy atom. The van der Waals surface area contributed by atoms with Gasteiger partial charge in [0.25, 0.3) is 0 Å². The topological polar surface area (TPSA) is 66.8 Å². The van der Waals surface area contributed by atoms with Gasteiger partial charge in [0.2, 0.25) is 0 Å². The van der Waals surface area contributed by atoms with Crippen LogP contribution in [0.15, 0.2) is 0 Å². The summed E-state index contributed by atoms with van der Waals surface area (Å²) in [5.41, 5.74) is -1.57. The predicted molar refractivity (Wildman–Crippen MR) is 147 cm³/mol. The summed E-state index contributed by atoms with van der Waals surface area (Å²) < 4.78 is 13.9. The first-order valence-electron chi connectivity index (χ1n) is 7.96. The fourth-order valence-electron chi connectivity index (χ4n) is 2.53. The van der Waals surface area contributed by atoms with E-state index in [0.29, 0.717) is 10.7 Å². The number of halogens is 8. The summed E-state index contributed by atoms with van der Waals surface area (Å²) in [5.74, 6) is -0.363. The maximum Gasteiger partial charge on any atom is 0.471 e. The van der Waals surface area contributed by atoms with E-state index in [1.165, 1.54) is 0 Å². The van der Waals surface area contributed by atoms with Crippen molar-refractivity contribution < 1.29 is 18.9 Å². The van der Waals surface area contributed by atoms with Crippen molar-refractivity contribution in [3.63, 3.8) is 0 Å². The minimum Gasteiger partial charge on any atom is -0.303 e. The van der Waals surface area contributed by atoms with E-state index in [1.54, 1.807) is 0 Å². The van der Waals surface area contributed by atoms with Crippen LogP contribution in [-0.2, 0) is 9.09 Å². The van der Waals surface area contributed by atoms with E-state index < -0.39 is 23.1 Å². The van der Waals surface area contributed by atoms with Crippen molar-refractivity contribution in [3.8, 4) is 0 Å². The molecule has 0 bridgehead atoms. The molecular weight excluding hydrogens is 914 g/mol. The molecule has 13 heteroatoms. The van der Waals surface area contributed by atoms with Crippen LogP contribution >= 0.6 is 135 Å². The number of hydrogen-bond donors (Lipinski definition) is 2. The zero-order valence-corrected chi connectivity index (χ0v) is 29.8. The lowest BCUT2D eigenvalue weighted by Crippen LogP contribution is -2.62. The molecule has 0 aromatic rings. The van der Waals surface area contributed by atoms with Crippen molar-refractivity contribution in [3.05, 3.63) is 0 Å². The van der Waals surface area contributed by atoms with E-state index in [1.807, 2.05) is 13.8 Å². The van der Waals surface area contributed by atoms with Crippen LogP contribution in [0.5, 0.6) is 0 Å². The monoisotopic (exact) mass is 931 g/mol. The Labute approximate surface area is 235 Å². The maximum atomic E-state index is 11.7. The van der Waals surface area contributed by atoms with Crippen LogP contribution in [0.25, 0.3) is 0 Å². The van der Waals surface area contributed by atoms with Gasteiger partial charge < -0.3 is 9.79 Å². The molecule has 0 heterocycles. The van der Waals surface area contributed by atoms with Crippen molar-refractivity contribution in [2.45, 2.75) is 51.4 Å². The van der Waals surface area contributed by atoms with Gasteiger partial charge in [-0.3, -0.25) is 4.52 Å². The van der Waals surface area contributed by atoms with Crippen molar-refractivity contribution in [2.24, 2.45) is 22.2 Å².